The number of ether oxygens (including phenoxy) is 1. The van der Waals surface area contributed by atoms with Crippen molar-refractivity contribution in [2.45, 2.75) is 33.3 Å². The van der Waals surface area contributed by atoms with Gasteiger partial charge in [-0.1, -0.05) is 6.92 Å². The molecule has 5 heteroatoms. The number of rotatable bonds is 4. The van der Waals surface area contributed by atoms with Gasteiger partial charge in [0.05, 0.1) is 0 Å². The third-order valence-corrected chi connectivity index (χ3v) is 2.33. The summed E-state index contributed by atoms with van der Waals surface area (Å²) in [4.78, 5) is 22.3. The van der Waals surface area contributed by atoms with Crippen molar-refractivity contribution in [3.05, 3.63) is 24.3 Å². The van der Waals surface area contributed by atoms with Gasteiger partial charge in [0.1, 0.15) is 6.10 Å². The van der Waals surface area contributed by atoms with Crippen LogP contribution in [0, 0.1) is 0 Å². The van der Waals surface area contributed by atoms with Crippen molar-refractivity contribution in [1.29, 1.82) is 0 Å². The van der Waals surface area contributed by atoms with E-state index in [0.29, 0.717) is 11.4 Å². The van der Waals surface area contributed by atoms with Crippen LogP contribution >= 0.6 is 0 Å². The molecule has 18 heavy (non-hydrogen) atoms. The van der Waals surface area contributed by atoms with Crippen LogP contribution in [0.5, 0.6) is 0 Å². The molecule has 0 saturated carbocycles. The van der Waals surface area contributed by atoms with E-state index in [1.54, 1.807) is 24.3 Å². The number of nitrogens with one attached hydrogen (secondary N) is 2. The van der Waals surface area contributed by atoms with E-state index >= 15 is 0 Å². The monoisotopic (exact) mass is 250 g/mol. The fourth-order valence-electron chi connectivity index (χ4n) is 1.25. The molecule has 0 fully saturated rings. The SMILES string of the molecule is CCC(C)OC(=O)Nc1ccc(NC(C)=O)cc1. The quantitative estimate of drug-likeness (QED) is 0.863. The molecule has 0 aliphatic carbocycles. The number of hydrogen-bond acceptors (Lipinski definition) is 3. The van der Waals surface area contributed by atoms with Crippen molar-refractivity contribution in [1.82, 2.24) is 0 Å². The minimum atomic E-state index is -0.475. The van der Waals surface area contributed by atoms with E-state index in [1.165, 1.54) is 6.92 Å². The molecule has 1 unspecified atom stereocenters. The molecule has 0 aliphatic heterocycles. The molecule has 1 rings (SSSR count). The van der Waals surface area contributed by atoms with Crippen molar-refractivity contribution in [3.8, 4) is 0 Å². The maximum atomic E-state index is 11.4. The summed E-state index contributed by atoms with van der Waals surface area (Å²) >= 11 is 0. The number of carbonyl (C=O) groups excluding carboxylic acids is 2. The molecule has 5 nitrogen and oxygen atoms in total. The molecule has 0 aliphatic rings. The smallest absolute Gasteiger partial charge is 0.411 e. The van der Waals surface area contributed by atoms with Gasteiger partial charge >= 0.3 is 6.09 Å². The highest BCUT2D eigenvalue weighted by atomic mass is 16.6. The molecule has 2 amide bonds. The van der Waals surface area contributed by atoms with E-state index in [1.807, 2.05) is 13.8 Å². The highest BCUT2D eigenvalue weighted by molar-refractivity contribution is 5.89. The van der Waals surface area contributed by atoms with Gasteiger partial charge in [-0.25, -0.2) is 4.79 Å². The van der Waals surface area contributed by atoms with Crippen molar-refractivity contribution in [2.75, 3.05) is 10.6 Å². The topological polar surface area (TPSA) is 67.4 Å². The van der Waals surface area contributed by atoms with Crippen LogP contribution in [0.15, 0.2) is 24.3 Å². The normalized spacial score (nSPS) is 11.5. The Hall–Kier alpha value is -2.04. The maximum absolute atomic E-state index is 11.4. The van der Waals surface area contributed by atoms with Crippen molar-refractivity contribution >= 4 is 23.4 Å². The highest BCUT2D eigenvalue weighted by Crippen LogP contribution is 2.14. The van der Waals surface area contributed by atoms with Gasteiger partial charge in [-0.05, 0) is 37.6 Å². The predicted molar refractivity (Wildman–Crippen MR) is 70.6 cm³/mol. The van der Waals surface area contributed by atoms with Crippen LogP contribution in [0.2, 0.25) is 0 Å². The number of anilines is 2. The second-order valence-corrected chi connectivity index (χ2v) is 4.01. The van der Waals surface area contributed by atoms with Gasteiger partial charge in [0.2, 0.25) is 5.91 Å². The second-order valence-electron chi connectivity index (χ2n) is 4.01. The van der Waals surface area contributed by atoms with E-state index in [4.69, 9.17) is 4.74 Å². The van der Waals surface area contributed by atoms with E-state index < -0.39 is 6.09 Å². The van der Waals surface area contributed by atoms with Crippen LogP contribution in [-0.4, -0.2) is 18.1 Å². The lowest BCUT2D eigenvalue weighted by molar-refractivity contribution is -0.114. The molecule has 0 heterocycles. The molecule has 0 bridgehead atoms. The van der Waals surface area contributed by atoms with Gasteiger partial charge < -0.3 is 10.1 Å². The van der Waals surface area contributed by atoms with Gasteiger partial charge in [-0.2, -0.15) is 0 Å². The van der Waals surface area contributed by atoms with Crippen LogP contribution in [0.3, 0.4) is 0 Å². The standard InChI is InChI=1S/C13H18N2O3/c1-4-9(2)18-13(17)15-12-7-5-11(6-8-12)14-10(3)16/h5-9H,4H2,1-3H3,(H,14,16)(H,15,17). The Kier molecular flexibility index (Phi) is 5.17. The zero-order chi connectivity index (χ0) is 13.5. The van der Waals surface area contributed by atoms with Gasteiger partial charge in [0.25, 0.3) is 0 Å². The molecule has 0 aromatic heterocycles. The Morgan fingerprint density at radius 2 is 1.67 bits per heavy atom. The summed E-state index contributed by atoms with van der Waals surface area (Å²) in [7, 11) is 0. The fraction of sp³-hybridized carbons (Fsp3) is 0.385. The van der Waals surface area contributed by atoms with Crippen LogP contribution < -0.4 is 10.6 Å². The number of hydrogen-bond donors (Lipinski definition) is 2. The summed E-state index contributed by atoms with van der Waals surface area (Å²) < 4.78 is 5.08. The molecule has 1 aromatic rings. The third-order valence-electron chi connectivity index (χ3n) is 2.33. The Balaban J connectivity index is 2.53. The molecule has 1 aromatic carbocycles. The lowest BCUT2D eigenvalue weighted by atomic mass is 10.3. The number of carbonyl (C=O) groups is 2. The van der Waals surface area contributed by atoms with Crippen LogP contribution in [-0.2, 0) is 9.53 Å². The largest absolute Gasteiger partial charge is 0.446 e. The number of amides is 2. The third kappa shape index (κ3) is 4.86. The first-order valence-corrected chi connectivity index (χ1v) is 5.86. The highest BCUT2D eigenvalue weighted by Gasteiger charge is 2.07. The summed E-state index contributed by atoms with van der Waals surface area (Å²) in [5, 5.41) is 5.26. The van der Waals surface area contributed by atoms with Crippen LogP contribution in [0.4, 0.5) is 16.2 Å². The Morgan fingerprint density at radius 3 is 2.11 bits per heavy atom. The average molecular weight is 250 g/mol. The van der Waals surface area contributed by atoms with Crippen LogP contribution in [0.25, 0.3) is 0 Å². The zero-order valence-corrected chi connectivity index (χ0v) is 10.8. The van der Waals surface area contributed by atoms with E-state index in [2.05, 4.69) is 10.6 Å². The molecule has 0 radical (unpaired) electrons. The first-order valence-electron chi connectivity index (χ1n) is 5.86. The van der Waals surface area contributed by atoms with E-state index in [-0.39, 0.29) is 12.0 Å². The summed E-state index contributed by atoms with van der Waals surface area (Å²) in [6, 6.07) is 6.81. The summed E-state index contributed by atoms with van der Waals surface area (Å²) in [6.07, 6.45) is 0.190. The Morgan fingerprint density at radius 1 is 1.17 bits per heavy atom. The molecular weight excluding hydrogens is 232 g/mol. The molecular formula is C13H18N2O3. The number of benzene rings is 1. The average Bonchev–Trinajstić information content (AvgIpc) is 2.30. The van der Waals surface area contributed by atoms with Gasteiger partial charge in [-0.3, -0.25) is 10.1 Å². The van der Waals surface area contributed by atoms with Crippen molar-refractivity contribution in [3.63, 3.8) is 0 Å². The van der Waals surface area contributed by atoms with Crippen molar-refractivity contribution < 1.29 is 14.3 Å². The summed E-state index contributed by atoms with van der Waals surface area (Å²) in [5.41, 5.74) is 1.31. The van der Waals surface area contributed by atoms with Crippen molar-refractivity contribution in [2.24, 2.45) is 0 Å². The molecule has 0 spiro atoms. The second kappa shape index (κ2) is 6.64. The Labute approximate surface area is 107 Å². The Bertz CT molecular complexity index is 415. The van der Waals surface area contributed by atoms with Gasteiger partial charge in [0, 0.05) is 18.3 Å². The zero-order valence-electron chi connectivity index (χ0n) is 10.8. The predicted octanol–water partition coefficient (Wildman–Crippen LogP) is 2.99. The first kappa shape index (κ1) is 14.0. The van der Waals surface area contributed by atoms with Gasteiger partial charge in [-0.15, -0.1) is 0 Å². The maximum Gasteiger partial charge on any atom is 0.411 e. The van der Waals surface area contributed by atoms with E-state index in [9.17, 15) is 9.59 Å². The lowest BCUT2D eigenvalue weighted by Gasteiger charge is -2.12. The first-order chi connectivity index (χ1) is 8.51. The summed E-state index contributed by atoms with van der Waals surface area (Å²) in [6.45, 7) is 5.22. The molecule has 2 N–H and O–H groups in total. The van der Waals surface area contributed by atoms with Crippen LogP contribution in [0.1, 0.15) is 27.2 Å². The fourth-order valence-corrected chi connectivity index (χ4v) is 1.25. The molecule has 1 atom stereocenters. The summed E-state index contributed by atoms with van der Waals surface area (Å²) in [5.74, 6) is -0.133. The lowest BCUT2D eigenvalue weighted by Crippen LogP contribution is -2.19. The molecule has 98 valence electrons. The van der Waals surface area contributed by atoms with Gasteiger partial charge in [0.15, 0.2) is 0 Å². The van der Waals surface area contributed by atoms with E-state index in [0.717, 1.165) is 6.42 Å². The molecule has 0 saturated heterocycles. The minimum absolute atomic E-state index is 0.108. The minimum Gasteiger partial charge on any atom is -0.446 e.